The van der Waals surface area contributed by atoms with E-state index in [0.29, 0.717) is 5.54 Å². The van der Waals surface area contributed by atoms with Crippen molar-refractivity contribution in [3.05, 3.63) is 0 Å². The van der Waals surface area contributed by atoms with E-state index in [9.17, 15) is 0 Å². The highest BCUT2D eigenvalue weighted by molar-refractivity contribution is 5.00. The van der Waals surface area contributed by atoms with Crippen molar-refractivity contribution in [2.24, 2.45) is 0 Å². The zero-order valence-electron chi connectivity index (χ0n) is 13.0. The fraction of sp³-hybridized carbons (Fsp3) is 1.00. The first-order valence-electron chi connectivity index (χ1n) is 7.57. The van der Waals surface area contributed by atoms with Crippen LogP contribution in [-0.4, -0.2) is 48.8 Å². The number of ether oxygens (including phenoxy) is 1. The highest BCUT2D eigenvalue weighted by atomic mass is 16.5. The molecule has 0 amide bonds. The molecular weight excluding hydrogens is 224 g/mol. The summed E-state index contributed by atoms with van der Waals surface area (Å²) in [4.78, 5) is 2.67. The molecule has 1 saturated heterocycles. The van der Waals surface area contributed by atoms with E-state index in [1.54, 1.807) is 0 Å². The first kappa shape index (κ1) is 15.9. The Labute approximate surface area is 113 Å². The third-order valence-electron chi connectivity index (χ3n) is 4.66. The largest absolute Gasteiger partial charge is 0.382 e. The van der Waals surface area contributed by atoms with Crippen molar-refractivity contribution in [3.63, 3.8) is 0 Å². The molecule has 2 unspecified atom stereocenters. The second kappa shape index (κ2) is 6.88. The van der Waals surface area contributed by atoms with Crippen LogP contribution in [-0.2, 0) is 4.74 Å². The molecule has 1 rings (SSSR count). The van der Waals surface area contributed by atoms with Crippen LogP contribution in [0.3, 0.4) is 0 Å². The molecule has 3 nitrogen and oxygen atoms in total. The van der Waals surface area contributed by atoms with Crippen LogP contribution in [0.25, 0.3) is 0 Å². The number of nitrogens with one attached hydrogen (secondary N) is 1. The van der Waals surface area contributed by atoms with Crippen LogP contribution >= 0.6 is 0 Å². The molecule has 0 bridgehead atoms. The highest BCUT2D eigenvalue weighted by Crippen LogP contribution is 2.28. The molecule has 1 heterocycles. The number of hydrogen-bond acceptors (Lipinski definition) is 3. The van der Waals surface area contributed by atoms with Gasteiger partial charge in [-0.2, -0.15) is 0 Å². The number of piperazine rings is 1. The molecule has 0 aliphatic carbocycles. The molecule has 18 heavy (non-hydrogen) atoms. The summed E-state index contributed by atoms with van der Waals surface area (Å²) in [5.41, 5.74) is 0.585. The van der Waals surface area contributed by atoms with Crippen molar-refractivity contribution in [3.8, 4) is 0 Å². The SMILES string of the molecule is CCOCCCN1CC(C)(CC)NCC1(C)CC. The summed E-state index contributed by atoms with van der Waals surface area (Å²) >= 11 is 0. The summed E-state index contributed by atoms with van der Waals surface area (Å²) < 4.78 is 5.46. The Bertz CT molecular complexity index is 247. The predicted molar refractivity (Wildman–Crippen MR) is 78.1 cm³/mol. The van der Waals surface area contributed by atoms with Gasteiger partial charge in [-0.25, -0.2) is 0 Å². The van der Waals surface area contributed by atoms with Gasteiger partial charge in [0.2, 0.25) is 0 Å². The van der Waals surface area contributed by atoms with Gasteiger partial charge in [0.15, 0.2) is 0 Å². The minimum Gasteiger partial charge on any atom is -0.382 e. The molecule has 1 aliphatic heterocycles. The zero-order valence-corrected chi connectivity index (χ0v) is 13.0. The summed E-state index contributed by atoms with van der Waals surface area (Å²) in [7, 11) is 0. The zero-order chi connectivity index (χ0) is 13.6. The van der Waals surface area contributed by atoms with Crippen LogP contribution in [0, 0.1) is 0 Å². The van der Waals surface area contributed by atoms with Gasteiger partial charge in [0.05, 0.1) is 0 Å². The fourth-order valence-electron chi connectivity index (χ4n) is 2.62. The summed E-state index contributed by atoms with van der Waals surface area (Å²) in [6, 6.07) is 0. The number of hydrogen-bond donors (Lipinski definition) is 1. The second-order valence-corrected chi connectivity index (χ2v) is 6.09. The van der Waals surface area contributed by atoms with Crippen LogP contribution in [0.15, 0.2) is 0 Å². The second-order valence-electron chi connectivity index (χ2n) is 6.09. The van der Waals surface area contributed by atoms with Crippen molar-refractivity contribution < 1.29 is 4.74 Å². The summed E-state index contributed by atoms with van der Waals surface area (Å²) in [5, 5.41) is 3.75. The lowest BCUT2D eigenvalue weighted by molar-refractivity contribution is 0.00977. The lowest BCUT2D eigenvalue weighted by Crippen LogP contribution is -2.67. The summed E-state index contributed by atoms with van der Waals surface area (Å²) in [5.74, 6) is 0. The van der Waals surface area contributed by atoms with Crippen molar-refractivity contribution in [1.82, 2.24) is 10.2 Å². The van der Waals surface area contributed by atoms with Crippen LogP contribution in [0.2, 0.25) is 0 Å². The average molecular weight is 256 g/mol. The van der Waals surface area contributed by atoms with Crippen LogP contribution in [0.1, 0.15) is 53.9 Å². The van der Waals surface area contributed by atoms with Gasteiger partial charge in [-0.05, 0) is 40.0 Å². The van der Waals surface area contributed by atoms with E-state index in [2.05, 4.69) is 44.8 Å². The van der Waals surface area contributed by atoms with E-state index in [1.807, 2.05) is 0 Å². The lowest BCUT2D eigenvalue weighted by atomic mass is 9.85. The van der Waals surface area contributed by atoms with Gasteiger partial charge in [-0.1, -0.05) is 13.8 Å². The third kappa shape index (κ3) is 3.94. The maximum atomic E-state index is 5.46. The van der Waals surface area contributed by atoms with Crippen molar-refractivity contribution >= 4 is 0 Å². The van der Waals surface area contributed by atoms with Crippen molar-refractivity contribution in [1.29, 1.82) is 0 Å². The van der Waals surface area contributed by atoms with Gasteiger partial charge < -0.3 is 10.1 Å². The molecule has 1 aliphatic rings. The molecule has 1 N–H and O–H groups in total. The third-order valence-corrected chi connectivity index (χ3v) is 4.66. The molecular formula is C15H32N2O. The predicted octanol–water partition coefficient (Wildman–Crippen LogP) is 2.66. The minimum atomic E-state index is 0.278. The summed E-state index contributed by atoms with van der Waals surface area (Å²) in [6.45, 7) is 16.5. The topological polar surface area (TPSA) is 24.5 Å². The Balaban J connectivity index is 2.56. The molecule has 108 valence electrons. The molecule has 0 radical (unpaired) electrons. The first-order chi connectivity index (χ1) is 8.49. The monoisotopic (exact) mass is 256 g/mol. The van der Waals surface area contributed by atoms with Gasteiger partial charge in [-0.15, -0.1) is 0 Å². The van der Waals surface area contributed by atoms with Crippen LogP contribution in [0.4, 0.5) is 0 Å². The molecule has 0 aromatic heterocycles. The first-order valence-corrected chi connectivity index (χ1v) is 7.57. The maximum Gasteiger partial charge on any atom is 0.0478 e. The molecule has 2 atom stereocenters. The van der Waals surface area contributed by atoms with E-state index in [4.69, 9.17) is 4.74 Å². The number of nitrogens with zero attached hydrogens (tertiary/aromatic N) is 1. The van der Waals surface area contributed by atoms with E-state index in [1.165, 1.54) is 12.8 Å². The maximum absolute atomic E-state index is 5.46. The standard InChI is InChI=1S/C15H32N2O/c1-6-14(4)13-17(10-9-11-18-8-3)15(5,7-2)12-16-14/h16H,6-13H2,1-5H3. The quantitative estimate of drug-likeness (QED) is 0.709. The molecule has 0 aromatic carbocycles. The molecule has 3 heteroatoms. The highest BCUT2D eigenvalue weighted by Gasteiger charge is 2.40. The van der Waals surface area contributed by atoms with Gasteiger partial charge in [0.1, 0.15) is 0 Å². The van der Waals surface area contributed by atoms with E-state index < -0.39 is 0 Å². The van der Waals surface area contributed by atoms with Crippen LogP contribution in [0.5, 0.6) is 0 Å². The number of rotatable bonds is 7. The van der Waals surface area contributed by atoms with E-state index in [-0.39, 0.29) is 5.54 Å². The van der Waals surface area contributed by atoms with Crippen molar-refractivity contribution in [2.75, 3.05) is 32.8 Å². The smallest absolute Gasteiger partial charge is 0.0478 e. The Morgan fingerprint density at radius 2 is 1.89 bits per heavy atom. The Morgan fingerprint density at radius 3 is 2.44 bits per heavy atom. The minimum absolute atomic E-state index is 0.278. The Kier molecular flexibility index (Phi) is 6.09. The Morgan fingerprint density at radius 1 is 1.17 bits per heavy atom. The fourth-order valence-corrected chi connectivity index (χ4v) is 2.62. The van der Waals surface area contributed by atoms with Gasteiger partial charge in [0.25, 0.3) is 0 Å². The average Bonchev–Trinajstić information content (AvgIpc) is 2.39. The van der Waals surface area contributed by atoms with Crippen molar-refractivity contribution in [2.45, 2.75) is 65.0 Å². The van der Waals surface area contributed by atoms with E-state index in [0.717, 1.165) is 39.3 Å². The van der Waals surface area contributed by atoms with Gasteiger partial charge in [-0.3, -0.25) is 4.90 Å². The molecule has 0 aromatic rings. The normalized spacial score (nSPS) is 33.8. The van der Waals surface area contributed by atoms with E-state index >= 15 is 0 Å². The Hall–Kier alpha value is -0.120. The van der Waals surface area contributed by atoms with Crippen LogP contribution < -0.4 is 5.32 Å². The molecule has 1 fully saturated rings. The lowest BCUT2D eigenvalue weighted by Gasteiger charge is -2.52. The van der Waals surface area contributed by atoms with Gasteiger partial charge >= 0.3 is 0 Å². The molecule has 0 saturated carbocycles. The summed E-state index contributed by atoms with van der Waals surface area (Å²) in [6.07, 6.45) is 3.53. The van der Waals surface area contributed by atoms with Gasteiger partial charge in [0, 0.05) is 43.9 Å². The molecule has 0 spiro atoms.